The third-order valence-electron chi connectivity index (χ3n) is 2.34. The lowest BCUT2D eigenvalue weighted by Crippen LogP contribution is -2.24. The Morgan fingerprint density at radius 2 is 2.22 bits per heavy atom. The summed E-state index contributed by atoms with van der Waals surface area (Å²) < 4.78 is 0. The summed E-state index contributed by atoms with van der Waals surface area (Å²) in [5, 5.41) is 19.2. The van der Waals surface area contributed by atoms with Crippen LogP contribution >= 0.6 is 0 Å². The Bertz CT molecular complexity index is 510. The highest BCUT2D eigenvalue weighted by atomic mass is 16.1. The predicted octanol–water partition coefficient (Wildman–Crippen LogP) is 0.561. The van der Waals surface area contributed by atoms with E-state index in [9.17, 15) is 4.79 Å². The molecule has 1 amide bonds. The molecule has 1 aromatic heterocycles. The quantitative estimate of drug-likeness (QED) is 0.716. The van der Waals surface area contributed by atoms with E-state index in [2.05, 4.69) is 31.3 Å². The fourth-order valence-corrected chi connectivity index (χ4v) is 1.54. The number of anilines is 1. The minimum absolute atomic E-state index is 0.170. The van der Waals surface area contributed by atoms with Crippen LogP contribution in [0.3, 0.4) is 0 Å². The molecule has 0 bridgehead atoms. The number of nitrogens with one attached hydrogen (secondary N) is 3. The number of carbonyl (C=O) groups is 1. The molecule has 1 aromatic carbocycles. The normalized spacial score (nSPS) is 10.1. The van der Waals surface area contributed by atoms with Gasteiger partial charge in [0, 0.05) is 12.2 Å². The molecule has 1 heterocycles. The van der Waals surface area contributed by atoms with Crippen LogP contribution in [-0.2, 0) is 6.54 Å². The number of hydrogen-bond donors (Lipinski definition) is 3. The fourth-order valence-electron chi connectivity index (χ4n) is 1.54. The van der Waals surface area contributed by atoms with E-state index in [-0.39, 0.29) is 12.5 Å². The first-order valence-corrected chi connectivity index (χ1v) is 5.64. The second-order valence-electron chi connectivity index (χ2n) is 3.59. The molecular weight excluding hydrogens is 232 g/mol. The van der Waals surface area contributed by atoms with Crippen molar-refractivity contribution in [2.45, 2.75) is 13.5 Å². The lowest BCUT2D eigenvalue weighted by molar-refractivity contribution is 0.0950. The van der Waals surface area contributed by atoms with Gasteiger partial charge in [0.2, 0.25) is 0 Å². The highest BCUT2D eigenvalue weighted by Gasteiger charge is 2.10. The van der Waals surface area contributed by atoms with Crippen LogP contribution in [0.4, 0.5) is 5.69 Å². The van der Waals surface area contributed by atoms with E-state index in [1.165, 1.54) is 0 Å². The highest BCUT2D eigenvalue weighted by molar-refractivity contribution is 5.99. The number of aromatic nitrogens is 4. The molecule has 0 saturated heterocycles. The largest absolute Gasteiger partial charge is 0.385 e. The fraction of sp³-hybridized carbons (Fsp3) is 0.273. The summed E-state index contributed by atoms with van der Waals surface area (Å²) in [6.45, 7) is 2.99. The Kier molecular flexibility index (Phi) is 3.85. The van der Waals surface area contributed by atoms with Crippen molar-refractivity contribution in [1.29, 1.82) is 0 Å². The average molecular weight is 246 g/mol. The number of carbonyl (C=O) groups excluding carboxylic acids is 1. The number of nitrogens with zero attached hydrogens (tertiary/aromatic N) is 3. The summed E-state index contributed by atoms with van der Waals surface area (Å²) in [5.41, 5.74) is 1.41. The van der Waals surface area contributed by atoms with E-state index in [1.54, 1.807) is 6.07 Å². The van der Waals surface area contributed by atoms with E-state index < -0.39 is 0 Å². The molecule has 0 saturated carbocycles. The van der Waals surface area contributed by atoms with E-state index in [1.807, 2.05) is 25.1 Å². The second kappa shape index (κ2) is 5.76. The summed E-state index contributed by atoms with van der Waals surface area (Å²) in [5.74, 6) is 0.278. The first-order chi connectivity index (χ1) is 8.81. The van der Waals surface area contributed by atoms with Crippen LogP contribution in [0.2, 0.25) is 0 Å². The highest BCUT2D eigenvalue weighted by Crippen LogP contribution is 2.14. The van der Waals surface area contributed by atoms with Gasteiger partial charge in [0.1, 0.15) is 0 Å². The topological polar surface area (TPSA) is 95.6 Å². The molecule has 94 valence electrons. The van der Waals surface area contributed by atoms with E-state index in [4.69, 9.17) is 0 Å². The van der Waals surface area contributed by atoms with Gasteiger partial charge in [-0.2, -0.15) is 5.21 Å². The van der Waals surface area contributed by atoms with Crippen molar-refractivity contribution in [2.24, 2.45) is 0 Å². The van der Waals surface area contributed by atoms with Gasteiger partial charge < -0.3 is 10.6 Å². The molecule has 18 heavy (non-hydrogen) atoms. The van der Waals surface area contributed by atoms with Crippen molar-refractivity contribution in [2.75, 3.05) is 11.9 Å². The van der Waals surface area contributed by atoms with Gasteiger partial charge in [-0.05, 0) is 19.1 Å². The Labute approximate surface area is 104 Å². The smallest absolute Gasteiger partial charge is 0.253 e. The van der Waals surface area contributed by atoms with Gasteiger partial charge in [-0.3, -0.25) is 4.79 Å². The summed E-state index contributed by atoms with van der Waals surface area (Å²) in [7, 11) is 0. The monoisotopic (exact) mass is 246 g/mol. The van der Waals surface area contributed by atoms with Gasteiger partial charge in [-0.15, -0.1) is 10.2 Å². The maximum atomic E-state index is 12.0. The molecule has 0 radical (unpaired) electrons. The van der Waals surface area contributed by atoms with E-state index in [0.29, 0.717) is 11.4 Å². The van der Waals surface area contributed by atoms with Crippen molar-refractivity contribution < 1.29 is 4.79 Å². The van der Waals surface area contributed by atoms with Crippen LogP contribution in [0.5, 0.6) is 0 Å². The molecular formula is C11H14N6O. The molecule has 3 N–H and O–H groups in total. The maximum absolute atomic E-state index is 12.0. The zero-order valence-corrected chi connectivity index (χ0v) is 9.97. The van der Waals surface area contributed by atoms with Gasteiger partial charge in [-0.1, -0.05) is 17.3 Å². The molecule has 7 nitrogen and oxygen atoms in total. The minimum Gasteiger partial charge on any atom is -0.385 e. The lowest BCUT2D eigenvalue weighted by Gasteiger charge is -2.09. The van der Waals surface area contributed by atoms with Crippen molar-refractivity contribution in [3.8, 4) is 0 Å². The summed E-state index contributed by atoms with van der Waals surface area (Å²) in [4.78, 5) is 12.0. The predicted molar refractivity (Wildman–Crippen MR) is 66.0 cm³/mol. The number of H-pyrrole nitrogens is 1. The summed E-state index contributed by atoms with van der Waals surface area (Å²) in [6, 6.07) is 7.34. The zero-order valence-electron chi connectivity index (χ0n) is 9.97. The first kappa shape index (κ1) is 12.0. The molecule has 2 aromatic rings. The molecule has 7 heteroatoms. The molecule has 0 spiro atoms. The number of aromatic amines is 1. The Hall–Kier alpha value is -2.44. The van der Waals surface area contributed by atoms with Gasteiger partial charge in [-0.25, -0.2) is 0 Å². The van der Waals surface area contributed by atoms with Gasteiger partial charge >= 0.3 is 0 Å². The zero-order chi connectivity index (χ0) is 12.8. The summed E-state index contributed by atoms with van der Waals surface area (Å²) in [6.07, 6.45) is 0. The minimum atomic E-state index is -0.170. The van der Waals surface area contributed by atoms with Crippen LogP contribution in [-0.4, -0.2) is 33.1 Å². The van der Waals surface area contributed by atoms with Crippen LogP contribution in [0.15, 0.2) is 24.3 Å². The molecule has 2 rings (SSSR count). The van der Waals surface area contributed by atoms with Crippen LogP contribution < -0.4 is 10.6 Å². The number of rotatable bonds is 5. The number of para-hydroxylation sites is 1. The number of tetrazole rings is 1. The van der Waals surface area contributed by atoms with Crippen LogP contribution in [0, 0.1) is 0 Å². The van der Waals surface area contributed by atoms with Crippen molar-refractivity contribution in [1.82, 2.24) is 25.9 Å². The van der Waals surface area contributed by atoms with Crippen molar-refractivity contribution in [3.05, 3.63) is 35.7 Å². The second-order valence-corrected chi connectivity index (χ2v) is 3.59. The molecule has 0 atom stereocenters. The van der Waals surface area contributed by atoms with E-state index >= 15 is 0 Å². The van der Waals surface area contributed by atoms with E-state index in [0.717, 1.165) is 12.2 Å². The van der Waals surface area contributed by atoms with Gasteiger partial charge in [0.05, 0.1) is 12.1 Å². The Morgan fingerprint density at radius 1 is 1.39 bits per heavy atom. The maximum Gasteiger partial charge on any atom is 0.253 e. The average Bonchev–Trinajstić information content (AvgIpc) is 2.90. The third-order valence-corrected chi connectivity index (χ3v) is 2.34. The number of amides is 1. The molecule has 0 aliphatic heterocycles. The first-order valence-electron chi connectivity index (χ1n) is 5.64. The molecule has 0 aliphatic rings. The molecule has 0 unspecified atom stereocenters. The Morgan fingerprint density at radius 3 is 2.94 bits per heavy atom. The molecule has 0 fully saturated rings. The van der Waals surface area contributed by atoms with Gasteiger partial charge in [0.25, 0.3) is 5.91 Å². The third kappa shape index (κ3) is 2.82. The van der Waals surface area contributed by atoms with Crippen LogP contribution in [0.1, 0.15) is 23.1 Å². The number of hydrogen-bond acceptors (Lipinski definition) is 5. The SMILES string of the molecule is CCNc1ccccc1C(=O)NCc1nn[nH]n1. The van der Waals surface area contributed by atoms with Gasteiger partial charge in [0.15, 0.2) is 5.82 Å². The molecule has 0 aliphatic carbocycles. The standard InChI is InChI=1S/C11H14N6O/c1-2-12-9-6-4-3-5-8(9)11(18)13-7-10-14-16-17-15-10/h3-6,12H,2,7H2,1H3,(H,13,18)(H,14,15,16,17). The summed E-state index contributed by atoms with van der Waals surface area (Å²) >= 11 is 0. The van der Waals surface area contributed by atoms with Crippen molar-refractivity contribution >= 4 is 11.6 Å². The van der Waals surface area contributed by atoms with Crippen molar-refractivity contribution in [3.63, 3.8) is 0 Å². The number of benzene rings is 1. The Balaban J connectivity index is 2.04. The van der Waals surface area contributed by atoms with Crippen LogP contribution in [0.25, 0.3) is 0 Å². The lowest BCUT2D eigenvalue weighted by atomic mass is 10.1.